The zero-order valence-corrected chi connectivity index (χ0v) is 13.7. The second-order valence-corrected chi connectivity index (χ2v) is 6.81. The van der Waals surface area contributed by atoms with E-state index < -0.39 is 0 Å². The molecule has 2 rings (SSSR count). The Balaban J connectivity index is 2.10. The lowest BCUT2D eigenvalue weighted by atomic mass is 9.89. The van der Waals surface area contributed by atoms with Gasteiger partial charge in [0, 0.05) is 23.6 Å². The van der Waals surface area contributed by atoms with E-state index >= 15 is 0 Å². The van der Waals surface area contributed by atoms with Crippen molar-refractivity contribution in [3.63, 3.8) is 0 Å². The average molecular weight is 298 g/mol. The van der Waals surface area contributed by atoms with Crippen LogP contribution in [0.3, 0.4) is 0 Å². The first-order valence-corrected chi connectivity index (χ1v) is 7.61. The van der Waals surface area contributed by atoms with E-state index in [1.54, 1.807) is 0 Å². The van der Waals surface area contributed by atoms with Crippen molar-refractivity contribution >= 4 is 17.4 Å². The third kappa shape index (κ3) is 3.41. The fourth-order valence-corrected chi connectivity index (χ4v) is 2.38. The smallest absolute Gasteiger partial charge is 0.137 e. The van der Waals surface area contributed by atoms with Gasteiger partial charge in [0.15, 0.2) is 0 Å². The number of anilines is 1. The normalized spacial score (nSPS) is 22.5. The highest BCUT2D eigenvalue weighted by Gasteiger charge is 2.30. The molecule has 5 heteroatoms. The third-order valence-electron chi connectivity index (χ3n) is 3.60. The molecule has 4 nitrogen and oxygen atoms in total. The summed E-state index contributed by atoms with van der Waals surface area (Å²) in [4.78, 5) is 9.04. The van der Waals surface area contributed by atoms with Crippen molar-refractivity contribution in [2.45, 2.75) is 65.0 Å². The number of nitrogens with zero attached hydrogens (tertiary/aromatic N) is 2. The van der Waals surface area contributed by atoms with Crippen molar-refractivity contribution in [1.82, 2.24) is 9.97 Å². The summed E-state index contributed by atoms with van der Waals surface area (Å²) in [6.45, 7) is 11.0. The number of rotatable bonds is 4. The second-order valence-electron chi connectivity index (χ2n) is 6.45. The third-order valence-corrected chi connectivity index (χ3v) is 3.96. The molecule has 0 spiro atoms. The van der Waals surface area contributed by atoms with Gasteiger partial charge >= 0.3 is 0 Å². The van der Waals surface area contributed by atoms with Crippen molar-refractivity contribution in [3.05, 3.63) is 16.5 Å². The highest BCUT2D eigenvalue weighted by Crippen LogP contribution is 2.30. The van der Waals surface area contributed by atoms with Gasteiger partial charge in [0.1, 0.15) is 16.8 Å². The Kier molecular flexibility index (Phi) is 4.55. The summed E-state index contributed by atoms with van der Waals surface area (Å²) in [6.07, 6.45) is 2.44. The predicted octanol–water partition coefficient (Wildman–Crippen LogP) is 3.72. The zero-order chi connectivity index (χ0) is 14.9. The van der Waals surface area contributed by atoms with Crippen molar-refractivity contribution < 1.29 is 4.74 Å². The quantitative estimate of drug-likeness (QED) is 0.861. The molecule has 0 aromatic carbocycles. The van der Waals surface area contributed by atoms with Gasteiger partial charge in [0.2, 0.25) is 0 Å². The predicted molar refractivity (Wildman–Crippen MR) is 82.5 cm³/mol. The fraction of sp³-hybridized carbons (Fsp3) is 0.733. The van der Waals surface area contributed by atoms with Crippen LogP contribution in [0.25, 0.3) is 0 Å². The van der Waals surface area contributed by atoms with Crippen LogP contribution in [0.1, 0.15) is 51.9 Å². The van der Waals surface area contributed by atoms with Gasteiger partial charge in [-0.15, -0.1) is 0 Å². The summed E-state index contributed by atoms with van der Waals surface area (Å²) in [7, 11) is 0. The summed E-state index contributed by atoms with van der Waals surface area (Å²) >= 11 is 6.23. The lowest BCUT2D eigenvalue weighted by Crippen LogP contribution is -2.41. The number of nitrogens with one attached hydrogen (secondary N) is 1. The van der Waals surface area contributed by atoms with Crippen LogP contribution in [-0.2, 0) is 10.2 Å². The number of hydrogen-bond donors (Lipinski definition) is 1. The minimum Gasteiger partial charge on any atom is -0.378 e. The van der Waals surface area contributed by atoms with Crippen LogP contribution in [0, 0.1) is 6.92 Å². The molecule has 1 aromatic rings. The molecule has 0 aliphatic heterocycles. The molecule has 112 valence electrons. The first kappa shape index (κ1) is 15.5. The molecule has 0 saturated heterocycles. The number of ether oxygens (including phenoxy) is 1. The maximum atomic E-state index is 6.23. The van der Waals surface area contributed by atoms with E-state index in [4.69, 9.17) is 16.3 Å². The first-order valence-electron chi connectivity index (χ1n) is 7.24. The fourth-order valence-electron chi connectivity index (χ4n) is 2.21. The topological polar surface area (TPSA) is 47.0 Å². The Morgan fingerprint density at radius 3 is 2.50 bits per heavy atom. The van der Waals surface area contributed by atoms with Crippen molar-refractivity contribution in [2.24, 2.45) is 0 Å². The van der Waals surface area contributed by atoms with E-state index in [0.717, 1.165) is 36.7 Å². The Hall–Kier alpha value is -0.870. The largest absolute Gasteiger partial charge is 0.378 e. The molecule has 1 aromatic heterocycles. The maximum Gasteiger partial charge on any atom is 0.137 e. The van der Waals surface area contributed by atoms with Crippen LogP contribution < -0.4 is 5.32 Å². The molecule has 1 fully saturated rings. The van der Waals surface area contributed by atoms with Crippen LogP contribution in [0.4, 0.5) is 5.82 Å². The minimum atomic E-state index is -0.110. The molecule has 0 amide bonds. The maximum absolute atomic E-state index is 6.23. The summed E-state index contributed by atoms with van der Waals surface area (Å²) in [5, 5.41) is 4.01. The SMILES string of the molecule is CCOC1CC(Nc2nc(C(C)(C)C)nc(Cl)c2C)C1. The summed E-state index contributed by atoms with van der Waals surface area (Å²) in [6, 6.07) is 0.420. The van der Waals surface area contributed by atoms with Gasteiger partial charge in [0.25, 0.3) is 0 Å². The van der Waals surface area contributed by atoms with Gasteiger partial charge in [-0.2, -0.15) is 0 Å². The second kappa shape index (κ2) is 5.86. The highest BCUT2D eigenvalue weighted by molar-refractivity contribution is 6.30. The Bertz CT molecular complexity index is 479. The van der Waals surface area contributed by atoms with Gasteiger partial charge in [-0.3, -0.25) is 0 Å². The summed E-state index contributed by atoms with van der Waals surface area (Å²) < 4.78 is 5.58. The van der Waals surface area contributed by atoms with Gasteiger partial charge in [-0.05, 0) is 26.7 Å². The monoisotopic (exact) mass is 297 g/mol. The van der Waals surface area contributed by atoms with E-state index in [2.05, 4.69) is 36.1 Å². The van der Waals surface area contributed by atoms with Crippen LogP contribution in [-0.4, -0.2) is 28.7 Å². The van der Waals surface area contributed by atoms with Crippen molar-refractivity contribution in [2.75, 3.05) is 11.9 Å². The zero-order valence-electron chi connectivity index (χ0n) is 13.0. The molecule has 0 unspecified atom stereocenters. The average Bonchev–Trinajstić information content (AvgIpc) is 2.30. The number of hydrogen-bond acceptors (Lipinski definition) is 4. The lowest BCUT2D eigenvalue weighted by Gasteiger charge is -2.36. The molecule has 1 N–H and O–H groups in total. The number of halogens is 1. The molecule has 1 aliphatic carbocycles. The van der Waals surface area contributed by atoms with Crippen LogP contribution in [0.5, 0.6) is 0 Å². The van der Waals surface area contributed by atoms with E-state index in [1.807, 2.05) is 13.8 Å². The van der Waals surface area contributed by atoms with Crippen LogP contribution in [0.2, 0.25) is 5.15 Å². The molecular weight excluding hydrogens is 274 g/mol. The first-order chi connectivity index (χ1) is 9.31. The molecule has 0 radical (unpaired) electrons. The molecule has 0 atom stereocenters. The van der Waals surface area contributed by atoms with Gasteiger partial charge in [-0.25, -0.2) is 9.97 Å². The Labute approximate surface area is 126 Å². The number of aromatic nitrogens is 2. The van der Waals surface area contributed by atoms with E-state index in [9.17, 15) is 0 Å². The van der Waals surface area contributed by atoms with Crippen LogP contribution in [0.15, 0.2) is 0 Å². The van der Waals surface area contributed by atoms with E-state index in [1.165, 1.54) is 0 Å². The van der Waals surface area contributed by atoms with Crippen LogP contribution >= 0.6 is 11.6 Å². The van der Waals surface area contributed by atoms with Gasteiger partial charge in [-0.1, -0.05) is 32.4 Å². The Morgan fingerprint density at radius 1 is 1.30 bits per heavy atom. The Morgan fingerprint density at radius 2 is 1.95 bits per heavy atom. The molecular formula is C15H24ClN3O. The summed E-state index contributed by atoms with van der Waals surface area (Å²) in [5.41, 5.74) is 0.806. The molecule has 1 heterocycles. The molecule has 1 aliphatic rings. The molecule has 1 saturated carbocycles. The molecule has 20 heavy (non-hydrogen) atoms. The summed E-state index contributed by atoms with van der Waals surface area (Å²) in [5.74, 6) is 1.63. The van der Waals surface area contributed by atoms with Crippen molar-refractivity contribution in [3.8, 4) is 0 Å². The molecule has 0 bridgehead atoms. The van der Waals surface area contributed by atoms with Gasteiger partial charge in [0.05, 0.1) is 6.10 Å². The standard InChI is InChI=1S/C15H24ClN3O/c1-6-20-11-7-10(8-11)17-13-9(2)12(16)18-14(19-13)15(3,4)5/h10-11H,6-8H2,1-5H3,(H,17,18,19). The highest BCUT2D eigenvalue weighted by atomic mass is 35.5. The van der Waals surface area contributed by atoms with Gasteiger partial charge < -0.3 is 10.1 Å². The minimum absolute atomic E-state index is 0.110. The van der Waals surface area contributed by atoms with E-state index in [-0.39, 0.29) is 5.41 Å². The van der Waals surface area contributed by atoms with E-state index in [0.29, 0.717) is 17.3 Å². The van der Waals surface area contributed by atoms with Crippen molar-refractivity contribution in [1.29, 1.82) is 0 Å². The lowest BCUT2D eigenvalue weighted by molar-refractivity contribution is 0.00290.